The topological polar surface area (TPSA) is 20.2 Å². The van der Waals surface area contributed by atoms with E-state index in [9.17, 15) is 4.80 Å². The second-order valence-corrected chi connectivity index (χ2v) is 12.8. The minimum absolute atomic E-state index is 0.0386. The fraction of sp³-hybridized carbons (Fsp3) is 0.667. The van der Waals surface area contributed by atoms with Crippen molar-refractivity contribution in [1.29, 1.82) is 0 Å². The summed E-state index contributed by atoms with van der Waals surface area (Å²) in [5, 5.41) is 0.0386. The number of benzene rings is 1. The van der Waals surface area contributed by atoms with Crippen molar-refractivity contribution in [2.45, 2.75) is 76.9 Å². The molecule has 0 unspecified atom stereocenters. The van der Waals surface area contributed by atoms with Gasteiger partial charge in [-0.25, -0.2) is 0 Å². The second kappa shape index (κ2) is 7.93. The molecule has 1 rings (SSSR count). The summed E-state index contributed by atoms with van der Waals surface area (Å²) in [5.74, 6) is 0.554. The maximum absolute atomic E-state index is 10.6. The molecule has 1 atom stereocenters. The molecule has 0 aliphatic rings. The van der Waals surface area contributed by atoms with Crippen molar-refractivity contribution in [1.82, 2.24) is 0 Å². The van der Waals surface area contributed by atoms with Gasteiger partial charge in [0.1, 0.15) is 0 Å². The lowest BCUT2D eigenvalue weighted by Crippen LogP contribution is -2.39. The van der Waals surface area contributed by atoms with Gasteiger partial charge in [0.05, 0.1) is 0 Å². The van der Waals surface area contributed by atoms with Crippen LogP contribution >= 0.6 is 15.9 Å². The van der Waals surface area contributed by atoms with E-state index < -0.39 is 8.32 Å². The molecule has 0 radical (unpaired) electrons. The van der Waals surface area contributed by atoms with Gasteiger partial charge >= 0.3 is 0 Å². The van der Waals surface area contributed by atoms with Crippen LogP contribution in [0.1, 0.15) is 64.4 Å². The number of hydrogen-bond acceptors (Lipinski definition) is 1. The first-order valence-corrected chi connectivity index (χ1v) is 11.9. The minimum Gasteiger partial charge on any atom is -0.432 e. The Kier molecular flexibility index (Phi) is 7.15. The highest BCUT2D eigenvalue weighted by Crippen LogP contribution is 2.45. The highest BCUT2D eigenvalue weighted by atomic mass is 79.9. The zero-order chi connectivity index (χ0) is 16.1. The van der Waals surface area contributed by atoms with Crippen molar-refractivity contribution in [3.8, 4) is 0 Å². The van der Waals surface area contributed by atoms with E-state index in [1.165, 1.54) is 31.2 Å². The van der Waals surface area contributed by atoms with Crippen molar-refractivity contribution in [3.05, 3.63) is 34.3 Å². The molecule has 0 heterocycles. The van der Waals surface area contributed by atoms with E-state index in [1.807, 2.05) is 0 Å². The molecule has 1 N–H and O–H groups in total. The van der Waals surface area contributed by atoms with Gasteiger partial charge in [0.15, 0.2) is 8.32 Å². The van der Waals surface area contributed by atoms with E-state index in [0.717, 1.165) is 10.9 Å². The van der Waals surface area contributed by atoms with Gasteiger partial charge in [-0.2, -0.15) is 0 Å². The van der Waals surface area contributed by atoms with Crippen LogP contribution < -0.4 is 0 Å². The first-order chi connectivity index (χ1) is 9.67. The van der Waals surface area contributed by atoms with E-state index in [1.54, 1.807) is 0 Å². The smallest absolute Gasteiger partial charge is 0.188 e. The molecule has 0 aromatic heterocycles. The van der Waals surface area contributed by atoms with E-state index in [-0.39, 0.29) is 5.04 Å². The van der Waals surface area contributed by atoms with Gasteiger partial charge in [-0.15, -0.1) is 0 Å². The molecule has 1 nitrogen and oxygen atoms in total. The molecule has 3 heteroatoms. The number of rotatable bonds is 8. The maximum Gasteiger partial charge on any atom is 0.188 e. The number of halogens is 1. The van der Waals surface area contributed by atoms with Gasteiger partial charge in [0, 0.05) is 4.47 Å². The van der Waals surface area contributed by atoms with Crippen LogP contribution in [0.4, 0.5) is 0 Å². The summed E-state index contributed by atoms with van der Waals surface area (Å²) in [7, 11) is -2.15. The second-order valence-electron chi connectivity index (χ2n) is 7.39. The Morgan fingerprint density at radius 1 is 1.14 bits per heavy atom. The third kappa shape index (κ3) is 5.88. The quantitative estimate of drug-likeness (QED) is 0.409. The Bertz CT molecular complexity index is 420. The lowest BCUT2D eigenvalue weighted by Gasteiger charge is -2.38. The predicted octanol–water partition coefficient (Wildman–Crippen LogP) is 6.48. The summed E-state index contributed by atoms with van der Waals surface area (Å²) in [4.78, 5) is 10.6. The molecule has 21 heavy (non-hydrogen) atoms. The Morgan fingerprint density at radius 3 is 2.19 bits per heavy atom. The van der Waals surface area contributed by atoms with Gasteiger partial charge in [0.25, 0.3) is 0 Å². The van der Waals surface area contributed by atoms with Crippen molar-refractivity contribution >= 4 is 24.2 Å². The molecule has 1 aromatic carbocycles. The Morgan fingerprint density at radius 2 is 1.71 bits per heavy atom. The molecule has 0 aliphatic carbocycles. The molecular formula is C18H31BrOSi. The average molecular weight is 371 g/mol. The first-order valence-electron chi connectivity index (χ1n) is 8.15. The summed E-state index contributed by atoms with van der Waals surface area (Å²) in [6, 6.07) is 8.75. The summed E-state index contributed by atoms with van der Waals surface area (Å²) in [6.07, 6.45) is 6.14. The standard InChI is InChI=1S/C18H31BrOSi/c1-6-7-8-9-16(14-18(2,3)21(4,5)20)15-10-12-17(19)13-11-15/h10-13,16,20H,6-9,14H2,1-5H3/t16-/m0/s1. The van der Waals surface area contributed by atoms with Crippen LogP contribution in [0.5, 0.6) is 0 Å². The summed E-state index contributed by atoms with van der Waals surface area (Å²) in [5.41, 5.74) is 1.42. The molecule has 1 aromatic rings. The number of hydrogen-bond donors (Lipinski definition) is 1. The highest BCUT2D eigenvalue weighted by molar-refractivity contribution is 9.10. The van der Waals surface area contributed by atoms with E-state index in [0.29, 0.717) is 5.92 Å². The van der Waals surface area contributed by atoms with Crippen LogP contribution in [0.2, 0.25) is 18.1 Å². The molecule has 0 amide bonds. The Hall–Kier alpha value is -0.123. The third-order valence-corrected chi connectivity index (χ3v) is 8.96. The van der Waals surface area contributed by atoms with E-state index in [2.05, 4.69) is 74.1 Å². The van der Waals surface area contributed by atoms with Crippen LogP contribution in [-0.2, 0) is 0 Å². The van der Waals surface area contributed by atoms with Gasteiger partial charge in [0.2, 0.25) is 0 Å². The van der Waals surface area contributed by atoms with Crippen LogP contribution in [0.15, 0.2) is 28.7 Å². The molecular weight excluding hydrogens is 340 g/mol. The van der Waals surface area contributed by atoms with Crippen molar-refractivity contribution in [3.63, 3.8) is 0 Å². The average Bonchev–Trinajstić information content (AvgIpc) is 2.37. The molecule has 0 aliphatic heterocycles. The first kappa shape index (κ1) is 18.9. The normalized spacial score (nSPS) is 14.2. The summed E-state index contributed by atoms with van der Waals surface area (Å²) in [6.45, 7) is 10.9. The molecule has 0 saturated heterocycles. The third-order valence-electron chi connectivity index (χ3n) is 4.91. The molecule has 0 fully saturated rings. The summed E-state index contributed by atoms with van der Waals surface area (Å²) >= 11 is 3.52. The molecule has 0 bridgehead atoms. The summed E-state index contributed by atoms with van der Waals surface area (Å²) < 4.78 is 1.13. The van der Waals surface area contributed by atoms with Gasteiger partial charge in [-0.3, -0.25) is 0 Å². The van der Waals surface area contributed by atoms with Crippen LogP contribution in [0, 0.1) is 0 Å². The lowest BCUT2D eigenvalue weighted by molar-refractivity contribution is 0.406. The number of unbranched alkanes of at least 4 members (excludes halogenated alkanes) is 2. The maximum atomic E-state index is 10.6. The SMILES string of the molecule is CCCCC[C@@H](CC(C)(C)[Si](C)(C)O)c1ccc(Br)cc1. The van der Waals surface area contributed by atoms with Crippen molar-refractivity contribution < 1.29 is 4.80 Å². The Labute approximate surface area is 140 Å². The molecule has 0 spiro atoms. The van der Waals surface area contributed by atoms with Gasteiger partial charge in [-0.05, 0) is 54.6 Å². The lowest BCUT2D eigenvalue weighted by atomic mass is 9.86. The van der Waals surface area contributed by atoms with Gasteiger partial charge in [-0.1, -0.05) is 68.1 Å². The van der Waals surface area contributed by atoms with Crippen LogP contribution in [0.25, 0.3) is 0 Å². The van der Waals surface area contributed by atoms with E-state index in [4.69, 9.17) is 0 Å². The highest BCUT2D eigenvalue weighted by Gasteiger charge is 2.39. The largest absolute Gasteiger partial charge is 0.432 e. The Balaban J connectivity index is 2.89. The zero-order valence-electron chi connectivity index (χ0n) is 14.2. The monoisotopic (exact) mass is 370 g/mol. The zero-order valence-corrected chi connectivity index (χ0v) is 16.8. The fourth-order valence-corrected chi connectivity index (χ4v) is 3.64. The van der Waals surface area contributed by atoms with Gasteiger partial charge < -0.3 is 4.80 Å². The van der Waals surface area contributed by atoms with E-state index >= 15 is 0 Å². The molecule has 120 valence electrons. The minimum atomic E-state index is -2.15. The van der Waals surface area contributed by atoms with Crippen LogP contribution in [-0.4, -0.2) is 13.1 Å². The molecule has 0 saturated carbocycles. The van der Waals surface area contributed by atoms with Crippen molar-refractivity contribution in [2.75, 3.05) is 0 Å². The van der Waals surface area contributed by atoms with Crippen LogP contribution in [0.3, 0.4) is 0 Å². The fourth-order valence-electron chi connectivity index (χ4n) is 2.63. The predicted molar refractivity (Wildman–Crippen MR) is 99.4 cm³/mol. The van der Waals surface area contributed by atoms with Crippen molar-refractivity contribution in [2.24, 2.45) is 0 Å².